The van der Waals surface area contributed by atoms with E-state index in [0.29, 0.717) is 49.5 Å². The number of aliphatic hydroxyl groups is 1. The fourth-order valence-electron chi connectivity index (χ4n) is 9.40. The van der Waals surface area contributed by atoms with Crippen molar-refractivity contribution in [3.63, 3.8) is 0 Å². The van der Waals surface area contributed by atoms with Crippen molar-refractivity contribution in [2.24, 2.45) is 17.3 Å². The number of hydrogen-bond donors (Lipinski definition) is 5. The Kier molecular flexibility index (Phi) is 11.8. The summed E-state index contributed by atoms with van der Waals surface area (Å²) in [6, 6.07) is 5.37. The lowest BCUT2D eigenvalue weighted by Crippen LogP contribution is -2.52. The highest BCUT2D eigenvalue weighted by atomic mass is 16.7. The molecule has 5 N–H and O–H groups in total. The van der Waals surface area contributed by atoms with Crippen LogP contribution in [0.4, 0.5) is 0 Å². The van der Waals surface area contributed by atoms with Crippen molar-refractivity contribution in [3.8, 4) is 0 Å². The molecule has 10 heteroatoms. The van der Waals surface area contributed by atoms with Gasteiger partial charge in [-0.15, -0.1) is 0 Å². The van der Waals surface area contributed by atoms with Crippen LogP contribution in [-0.4, -0.2) is 79.9 Å². The van der Waals surface area contributed by atoms with Crippen LogP contribution < -0.4 is 21.3 Å². The number of epoxide rings is 1. The summed E-state index contributed by atoms with van der Waals surface area (Å²) in [4.78, 5) is 44.6. The van der Waals surface area contributed by atoms with Crippen LogP contribution in [0, 0.1) is 17.3 Å². The predicted octanol–water partition coefficient (Wildman–Crippen LogP) is 5.69. The van der Waals surface area contributed by atoms with E-state index < -0.39 is 28.7 Å². The molecule has 1 fully saturated rings. The Bertz CT molecular complexity index is 1950. The second-order valence-corrected chi connectivity index (χ2v) is 16.6. The van der Waals surface area contributed by atoms with Crippen molar-refractivity contribution in [2.45, 2.75) is 89.4 Å². The summed E-state index contributed by atoms with van der Waals surface area (Å²) < 4.78 is 12.6. The summed E-state index contributed by atoms with van der Waals surface area (Å²) in [5.74, 6) is -0.450. The lowest BCUT2D eigenvalue weighted by molar-refractivity contribution is -0.150. The largest absolute Gasteiger partial charge is 0.463 e. The smallest absolute Gasteiger partial charge is 0.350 e. The molecule has 7 rings (SSSR count). The second kappa shape index (κ2) is 16.6. The number of benzene rings is 1. The zero-order chi connectivity index (χ0) is 39.5. The van der Waals surface area contributed by atoms with Gasteiger partial charge < -0.3 is 35.8 Å². The summed E-state index contributed by atoms with van der Waals surface area (Å²) in [7, 11) is 1.88. The lowest BCUT2D eigenvalue weighted by atomic mass is 9.68. The average Bonchev–Trinajstić information content (AvgIpc) is 3.91. The first-order valence-electron chi connectivity index (χ1n) is 20.4. The van der Waals surface area contributed by atoms with Crippen molar-refractivity contribution in [1.82, 2.24) is 21.3 Å². The van der Waals surface area contributed by atoms with Crippen molar-refractivity contribution < 1.29 is 29.0 Å². The third-order valence-corrected chi connectivity index (χ3v) is 12.7. The molecule has 0 aromatic heterocycles. The highest BCUT2D eigenvalue weighted by molar-refractivity contribution is 6.33. The van der Waals surface area contributed by atoms with E-state index in [-0.39, 0.29) is 48.1 Å². The maximum absolute atomic E-state index is 15.1. The minimum Gasteiger partial charge on any atom is -0.463 e. The molecular weight excluding hydrogens is 705 g/mol. The number of ketones is 2. The molecule has 6 atom stereocenters. The van der Waals surface area contributed by atoms with Gasteiger partial charge in [-0.05, 0) is 105 Å². The Hall–Kier alpha value is -4.35. The number of allylic oxidation sites excluding steroid dienone is 10. The molecule has 298 valence electrons. The molecular formula is C46H58N4O6. The number of rotatable bonds is 16. The number of fused-ring (bicyclic) bond motifs is 3. The van der Waals surface area contributed by atoms with Gasteiger partial charge >= 0.3 is 5.97 Å². The van der Waals surface area contributed by atoms with E-state index in [2.05, 4.69) is 77.6 Å². The van der Waals surface area contributed by atoms with Gasteiger partial charge in [-0.3, -0.25) is 9.59 Å². The third-order valence-electron chi connectivity index (χ3n) is 12.7. The van der Waals surface area contributed by atoms with Crippen LogP contribution in [0.3, 0.4) is 0 Å². The number of esters is 1. The summed E-state index contributed by atoms with van der Waals surface area (Å²) in [5, 5.41) is 24.1. The van der Waals surface area contributed by atoms with Gasteiger partial charge in [0.2, 0.25) is 5.78 Å². The van der Waals surface area contributed by atoms with E-state index in [0.717, 1.165) is 49.2 Å². The molecule has 10 nitrogen and oxygen atoms in total. The highest BCUT2D eigenvalue weighted by Crippen LogP contribution is 2.60. The van der Waals surface area contributed by atoms with Gasteiger partial charge in [0.05, 0.1) is 19.9 Å². The van der Waals surface area contributed by atoms with Crippen LogP contribution in [-0.2, 0) is 20.7 Å². The SMILES string of the molecule is CCNC1C=C2C=CCCC2CC1COC(=O)C12OC1(CC(CO)=C(C)CCC1=CCNC(NCNC)=C1)C(=O)c1cccc(CC3(C)C=CC=CC3)c1C2=O. The molecule has 4 aliphatic carbocycles. The zero-order valence-corrected chi connectivity index (χ0v) is 33.3. The van der Waals surface area contributed by atoms with E-state index in [4.69, 9.17) is 9.47 Å². The minimum absolute atomic E-state index is 0.00481. The first-order chi connectivity index (χ1) is 27.1. The number of nitrogens with one attached hydrogen (secondary N) is 4. The van der Waals surface area contributed by atoms with Crippen molar-refractivity contribution in [3.05, 3.63) is 118 Å². The Labute approximate surface area is 331 Å². The van der Waals surface area contributed by atoms with E-state index >= 15 is 4.79 Å². The molecule has 0 spiro atoms. The van der Waals surface area contributed by atoms with Gasteiger partial charge in [-0.25, -0.2) is 4.79 Å². The molecule has 2 heterocycles. The number of hydrogen-bond acceptors (Lipinski definition) is 10. The Morgan fingerprint density at radius 1 is 1.16 bits per heavy atom. The number of carbonyl (C=O) groups is 3. The van der Waals surface area contributed by atoms with Crippen LogP contribution in [0.2, 0.25) is 0 Å². The molecule has 0 amide bonds. The molecule has 0 radical (unpaired) electrons. The Balaban J connectivity index is 1.19. The monoisotopic (exact) mass is 762 g/mol. The standard InChI is InChI=1S/C46H58N4O6/c1-5-48-38-24-33-13-8-7-12-32(33)23-35(38)28-55-43(54)46-42(53)40-34(25-44(3)19-9-6-10-20-44)14-11-15-37(40)41(52)45(46,56-46)26-36(27-51)30(2)16-17-31-18-21-49-39(22-31)50-29-47-4/h6,8-11,13-15,18-19,22,24,32,35,38,47-51H,5,7,12,16-17,20-21,23,25-29H2,1-4H3. The Morgan fingerprint density at radius 2 is 2.02 bits per heavy atom. The molecule has 6 aliphatic rings. The molecule has 0 saturated carbocycles. The lowest BCUT2D eigenvalue weighted by Gasteiger charge is -2.36. The number of dihydropyridines is 1. The molecule has 2 aliphatic heterocycles. The molecule has 1 aromatic carbocycles. The van der Waals surface area contributed by atoms with Crippen molar-refractivity contribution >= 4 is 17.5 Å². The quantitative estimate of drug-likeness (QED) is 0.0469. The van der Waals surface area contributed by atoms with Crippen LogP contribution >= 0.6 is 0 Å². The normalized spacial score (nSPS) is 30.5. The first-order valence-corrected chi connectivity index (χ1v) is 20.4. The second-order valence-electron chi connectivity index (χ2n) is 16.6. The molecule has 56 heavy (non-hydrogen) atoms. The molecule has 1 aromatic rings. The van der Waals surface area contributed by atoms with Gasteiger partial charge in [0.1, 0.15) is 5.82 Å². The minimum atomic E-state index is -2.14. The van der Waals surface area contributed by atoms with Crippen LogP contribution in [0.25, 0.3) is 0 Å². The number of Topliss-reactive ketones (excluding diaryl/α,β-unsaturated/α-hetero) is 2. The summed E-state index contributed by atoms with van der Waals surface area (Å²) >= 11 is 0. The van der Waals surface area contributed by atoms with Crippen molar-refractivity contribution in [2.75, 3.05) is 40.0 Å². The highest BCUT2D eigenvalue weighted by Gasteiger charge is 2.85. The predicted molar refractivity (Wildman–Crippen MR) is 218 cm³/mol. The number of aliphatic hydroxyl groups excluding tert-OH is 1. The topological polar surface area (TPSA) is 141 Å². The van der Waals surface area contributed by atoms with Crippen LogP contribution in [0.5, 0.6) is 0 Å². The first kappa shape index (κ1) is 39.9. The van der Waals surface area contributed by atoms with Gasteiger partial charge in [0.15, 0.2) is 11.4 Å². The summed E-state index contributed by atoms with van der Waals surface area (Å²) in [6.07, 6.45) is 24.6. The van der Waals surface area contributed by atoms with Gasteiger partial charge in [0, 0.05) is 36.1 Å². The van der Waals surface area contributed by atoms with Crippen LogP contribution in [0.1, 0.15) is 92.0 Å². The summed E-state index contributed by atoms with van der Waals surface area (Å²) in [6.45, 7) is 7.98. The number of likely N-dealkylation sites (N-methyl/N-ethyl adjacent to an activating group) is 1. The summed E-state index contributed by atoms with van der Waals surface area (Å²) in [5.41, 5.74) is 0.941. The number of carbonyl (C=O) groups excluding carboxylic acids is 3. The van der Waals surface area contributed by atoms with Gasteiger partial charge in [-0.2, -0.15) is 0 Å². The fourth-order valence-corrected chi connectivity index (χ4v) is 9.40. The van der Waals surface area contributed by atoms with E-state index in [9.17, 15) is 14.7 Å². The van der Waals surface area contributed by atoms with E-state index in [1.807, 2.05) is 38.3 Å². The van der Waals surface area contributed by atoms with Gasteiger partial charge in [0.25, 0.3) is 5.60 Å². The van der Waals surface area contributed by atoms with E-state index in [1.54, 1.807) is 6.07 Å². The molecule has 6 unspecified atom stereocenters. The molecule has 0 bridgehead atoms. The van der Waals surface area contributed by atoms with Crippen molar-refractivity contribution in [1.29, 1.82) is 0 Å². The van der Waals surface area contributed by atoms with E-state index in [1.165, 1.54) is 5.57 Å². The van der Waals surface area contributed by atoms with Crippen LogP contribution in [0.15, 0.2) is 101 Å². The fraction of sp³-hybridized carbons (Fsp3) is 0.500. The number of ether oxygens (including phenoxy) is 2. The molecule has 1 saturated heterocycles. The maximum atomic E-state index is 15.1. The Morgan fingerprint density at radius 3 is 2.79 bits per heavy atom. The average molecular weight is 763 g/mol. The van der Waals surface area contributed by atoms with Gasteiger partial charge in [-0.1, -0.05) is 86.2 Å². The third kappa shape index (κ3) is 7.56. The maximum Gasteiger partial charge on any atom is 0.350 e. The zero-order valence-electron chi connectivity index (χ0n) is 33.3.